The van der Waals surface area contributed by atoms with E-state index in [4.69, 9.17) is 11.6 Å². The van der Waals surface area contributed by atoms with Crippen LogP contribution >= 0.6 is 35.6 Å². The maximum absolute atomic E-state index is 12.1. The molecule has 0 radical (unpaired) electrons. The average molecular weight is 493 g/mol. The maximum Gasteiger partial charge on any atom is 0.225 e. The molecule has 1 aliphatic rings. The molecule has 1 atom stereocenters. The van der Waals surface area contributed by atoms with E-state index < -0.39 is 0 Å². The minimum Gasteiger partial charge on any atom is -0.357 e. The van der Waals surface area contributed by atoms with Crippen molar-refractivity contribution in [3.8, 4) is 0 Å². The molecule has 26 heavy (non-hydrogen) atoms. The van der Waals surface area contributed by atoms with Crippen molar-refractivity contribution in [1.29, 1.82) is 0 Å². The number of nitrogens with zero attached hydrogens (tertiary/aromatic N) is 2. The third-order valence-corrected chi connectivity index (χ3v) is 4.51. The van der Waals surface area contributed by atoms with E-state index in [9.17, 15) is 4.79 Å². The van der Waals surface area contributed by atoms with Gasteiger partial charge < -0.3 is 15.5 Å². The molecule has 0 bridgehead atoms. The highest BCUT2D eigenvalue weighted by molar-refractivity contribution is 14.0. The van der Waals surface area contributed by atoms with Crippen LogP contribution in [0.3, 0.4) is 0 Å². The molecule has 1 amide bonds. The van der Waals surface area contributed by atoms with Crippen molar-refractivity contribution in [2.24, 2.45) is 10.9 Å². The van der Waals surface area contributed by atoms with Gasteiger partial charge in [0, 0.05) is 43.2 Å². The van der Waals surface area contributed by atoms with Crippen molar-refractivity contribution in [2.75, 3.05) is 26.2 Å². The average Bonchev–Trinajstić information content (AvgIpc) is 3.04. The standard InChI is InChI=1S/C19H29ClN4O.HI/c1-4-21-19(22-11-9-15-5-7-16(20)8-6-15)23-17-10-12-24(13-17)18(25)14(2)3;/h5-8,14,17H,4,9-13H2,1-3H3,(H2,21,22,23);1H. The molecule has 1 aliphatic heterocycles. The van der Waals surface area contributed by atoms with Gasteiger partial charge in [0.25, 0.3) is 0 Å². The molecule has 0 aliphatic carbocycles. The van der Waals surface area contributed by atoms with Crippen LogP contribution in [0.25, 0.3) is 0 Å². The van der Waals surface area contributed by atoms with E-state index in [1.807, 2.05) is 43.0 Å². The molecule has 1 heterocycles. The van der Waals surface area contributed by atoms with E-state index in [0.717, 1.165) is 43.5 Å². The SMILES string of the molecule is CCNC(=NCCc1ccc(Cl)cc1)NC1CCN(C(=O)C(C)C)C1.I. The van der Waals surface area contributed by atoms with Crippen LogP contribution in [0.15, 0.2) is 29.3 Å². The Morgan fingerprint density at radius 3 is 2.65 bits per heavy atom. The largest absolute Gasteiger partial charge is 0.357 e. The van der Waals surface area contributed by atoms with Crippen LogP contribution in [-0.4, -0.2) is 49.0 Å². The molecule has 1 fully saturated rings. The number of amides is 1. The lowest BCUT2D eigenvalue weighted by atomic mass is 10.1. The van der Waals surface area contributed by atoms with E-state index in [0.29, 0.717) is 6.54 Å². The van der Waals surface area contributed by atoms with Gasteiger partial charge in [-0.3, -0.25) is 9.79 Å². The van der Waals surface area contributed by atoms with E-state index >= 15 is 0 Å². The summed E-state index contributed by atoms with van der Waals surface area (Å²) in [7, 11) is 0. The van der Waals surface area contributed by atoms with Gasteiger partial charge in [-0.05, 0) is 37.5 Å². The normalized spacial score (nSPS) is 17.2. The molecule has 1 saturated heterocycles. The third-order valence-electron chi connectivity index (χ3n) is 4.26. The van der Waals surface area contributed by atoms with Gasteiger partial charge in [0.15, 0.2) is 5.96 Å². The summed E-state index contributed by atoms with van der Waals surface area (Å²) in [5, 5.41) is 7.50. The highest BCUT2D eigenvalue weighted by Gasteiger charge is 2.27. The summed E-state index contributed by atoms with van der Waals surface area (Å²) in [6.45, 7) is 9.04. The van der Waals surface area contributed by atoms with E-state index in [1.54, 1.807) is 0 Å². The second-order valence-corrected chi connectivity index (χ2v) is 7.14. The minimum absolute atomic E-state index is 0. The summed E-state index contributed by atoms with van der Waals surface area (Å²) in [6, 6.07) is 8.14. The summed E-state index contributed by atoms with van der Waals surface area (Å²) < 4.78 is 0. The number of hydrogen-bond acceptors (Lipinski definition) is 2. The number of guanidine groups is 1. The van der Waals surface area contributed by atoms with E-state index in [-0.39, 0.29) is 41.8 Å². The summed E-state index contributed by atoms with van der Waals surface area (Å²) >= 11 is 5.91. The molecule has 1 aromatic carbocycles. The van der Waals surface area contributed by atoms with Gasteiger partial charge in [-0.15, -0.1) is 24.0 Å². The lowest BCUT2D eigenvalue weighted by Crippen LogP contribution is -2.45. The van der Waals surface area contributed by atoms with Crippen LogP contribution < -0.4 is 10.6 Å². The Morgan fingerprint density at radius 1 is 1.35 bits per heavy atom. The molecule has 5 nitrogen and oxygen atoms in total. The first-order chi connectivity index (χ1) is 12.0. The Balaban J connectivity index is 0.00000338. The van der Waals surface area contributed by atoms with Crippen molar-refractivity contribution < 1.29 is 4.79 Å². The van der Waals surface area contributed by atoms with E-state index in [1.165, 1.54) is 5.56 Å². The highest BCUT2D eigenvalue weighted by Crippen LogP contribution is 2.13. The Bertz CT molecular complexity index is 592. The molecule has 0 saturated carbocycles. The summed E-state index contributed by atoms with van der Waals surface area (Å²) in [4.78, 5) is 18.7. The first-order valence-corrected chi connectivity index (χ1v) is 9.45. The number of carbonyl (C=O) groups excluding carboxylic acids is 1. The van der Waals surface area contributed by atoms with Gasteiger partial charge in [0.1, 0.15) is 0 Å². The molecule has 0 aromatic heterocycles. The van der Waals surface area contributed by atoms with E-state index in [2.05, 4.69) is 22.5 Å². The zero-order valence-corrected chi connectivity index (χ0v) is 18.9. The van der Waals surface area contributed by atoms with Crippen LogP contribution in [0.4, 0.5) is 0 Å². The lowest BCUT2D eigenvalue weighted by Gasteiger charge is -2.20. The van der Waals surface area contributed by atoms with Crippen LogP contribution in [0.5, 0.6) is 0 Å². The molecule has 2 N–H and O–H groups in total. The molecular weight excluding hydrogens is 463 g/mol. The molecule has 0 spiro atoms. The smallest absolute Gasteiger partial charge is 0.225 e. The van der Waals surface area contributed by atoms with Gasteiger partial charge in [-0.2, -0.15) is 0 Å². The predicted molar refractivity (Wildman–Crippen MR) is 120 cm³/mol. The van der Waals surface area contributed by atoms with Crippen LogP contribution in [-0.2, 0) is 11.2 Å². The second-order valence-electron chi connectivity index (χ2n) is 6.71. The first-order valence-electron chi connectivity index (χ1n) is 9.07. The zero-order chi connectivity index (χ0) is 18.2. The van der Waals surface area contributed by atoms with Gasteiger partial charge in [-0.1, -0.05) is 37.6 Å². The van der Waals surface area contributed by atoms with Gasteiger partial charge in [0.05, 0.1) is 0 Å². The lowest BCUT2D eigenvalue weighted by molar-refractivity contribution is -0.133. The Labute approximate surface area is 179 Å². The Hall–Kier alpha value is -1.02. The molecule has 1 unspecified atom stereocenters. The fraction of sp³-hybridized carbons (Fsp3) is 0.579. The number of aliphatic imine (C=N–C) groups is 1. The Morgan fingerprint density at radius 2 is 2.04 bits per heavy atom. The van der Waals surface area contributed by atoms with Crippen molar-refractivity contribution in [2.45, 2.75) is 39.7 Å². The number of hydrogen-bond donors (Lipinski definition) is 2. The topological polar surface area (TPSA) is 56.7 Å². The molecule has 7 heteroatoms. The number of nitrogens with one attached hydrogen (secondary N) is 2. The number of carbonyl (C=O) groups is 1. The van der Waals surface area contributed by atoms with Crippen LogP contribution in [0.1, 0.15) is 32.8 Å². The quantitative estimate of drug-likeness (QED) is 0.364. The number of benzene rings is 1. The van der Waals surface area contributed by atoms with Crippen LogP contribution in [0, 0.1) is 5.92 Å². The predicted octanol–water partition coefficient (Wildman–Crippen LogP) is 3.31. The van der Waals surface area contributed by atoms with Crippen molar-refractivity contribution in [1.82, 2.24) is 15.5 Å². The van der Waals surface area contributed by atoms with Crippen molar-refractivity contribution in [3.63, 3.8) is 0 Å². The first kappa shape index (κ1) is 23.0. The zero-order valence-electron chi connectivity index (χ0n) is 15.8. The summed E-state index contributed by atoms with van der Waals surface area (Å²) in [5.41, 5.74) is 1.22. The fourth-order valence-corrected chi connectivity index (χ4v) is 3.03. The molecular formula is C19H30ClIN4O. The number of rotatable bonds is 6. The molecule has 146 valence electrons. The number of halogens is 2. The molecule has 1 aromatic rings. The molecule has 2 rings (SSSR count). The maximum atomic E-state index is 12.1. The summed E-state index contributed by atoms with van der Waals surface area (Å²) in [5.74, 6) is 1.11. The highest BCUT2D eigenvalue weighted by atomic mass is 127. The summed E-state index contributed by atoms with van der Waals surface area (Å²) in [6.07, 6.45) is 1.83. The third kappa shape index (κ3) is 7.31. The minimum atomic E-state index is 0. The Kier molecular flexibility index (Phi) is 10.3. The van der Waals surface area contributed by atoms with Gasteiger partial charge in [0.2, 0.25) is 5.91 Å². The fourth-order valence-electron chi connectivity index (χ4n) is 2.90. The number of likely N-dealkylation sites (tertiary alicyclic amines) is 1. The van der Waals surface area contributed by atoms with Gasteiger partial charge in [-0.25, -0.2) is 0 Å². The van der Waals surface area contributed by atoms with Crippen molar-refractivity contribution >= 4 is 47.4 Å². The van der Waals surface area contributed by atoms with Crippen molar-refractivity contribution in [3.05, 3.63) is 34.9 Å². The second kappa shape index (κ2) is 11.6. The van der Waals surface area contributed by atoms with Crippen LogP contribution in [0.2, 0.25) is 5.02 Å². The monoisotopic (exact) mass is 492 g/mol. The van der Waals surface area contributed by atoms with Gasteiger partial charge >= 0.3 is 0 Å².